The highest BCUT2D eigenvalue weighted by atomic mass is 16.2. The molecular weight excluding hydrogens is 302 g/mol. The number of aromatic nitrogens is 1. The van der Waals surface area contributed by atoms with Crippen LogP contribution in [0.5, 0.6) is 0 Å². The molecule has 3 heterocycles. The fourth-order valence-electron chi connectivity index (χ4n) is 4.75. The van der Waals surface area contributed by atoms with E-state index in [0.29, 0.717) is 18.9 Å². The molecule has 128 valence electrons. The second-order valence-corrected chi connectivity index (χ2v) is 7.52. The number of pyridine rings is 1. The molecule has 1 atom stereocenters. The maximum absolute atomic E-state index is 13.1. The van der Waals surface area contributed by atoms with Gasteiger partial charge in [-0.05, 0) is 44.2 Å². The van der Waals surface area contributed by atoms with Crippen molar-refractivity contribution in [1.29, 1.82) is 0 Å². The van der Waals surface area contributed by atoms with Crippen LogP contribution in [0.15, 0.2) is 24.5 Å². The van der Waals surface area contributed by atoms with Gasteiger partial charge in [0.05, 0.1) is 23.8 Å². The van der Waals surface area contributed by atoms with E-state index in [9.17, 15) is 9.59 Å². The molecule has 5 nitrogen and oxygen atoms in total. The average molecular weight is 327 g/mol. The molecule has 24 heavy (non-hydrogen) atoms. The number of amides is 2. The average Bonchev–Trinajstić information content (AvgIpc) is 3.24. The lowest BCUT2D eigenvalue weighted by Gasteiger charge is -2.45. The van der Waals surface area contributed by atoms with Gasteiger partial charge in [-0.2, -0.15) is 0 Å². The third kappa shape index (κ3) is 2.60. The van der Waals surface area contributed by atoms with Crippen LogP contribution in [0.4, 0.5) is 5.69 Å². The zero-order chi connectivity index (χ0) is 16.6. The maximum Gasteiger partial charge on any atom is 0.229 e. The largest absolute Gasteiger partial charge is 0.334 e. The van der Waals surface area contributed by atoms with E-state index in [2.05, 4.69) is 9.88 Å². The summed E-state index contributed by atoms with van der Waals surface area (Å²) in [5.74, 6) is 0.602. The molecule has 0 bridgehead atoms. The molecular formula is C19H25N3O2. The first-order chi connectivity index (χ1) is 11.7. The summed E-state index contributed by atoms with van der Waals surface area (Å²) in [6.07, 6.45) is 11.4. The van der Waals surface area contributed by atoms with Crippen molar-refractivity contribution >= 4 is 17.5 Å². The summed E-state index contributed by atoms with van der Waals surface area (Å²) >= 11 is 0. The summed E-state index contributed by atoms with van der Waals surface area (Å²) in [6.45, 7) is 1.43. The molecule has 1 saturated carbocycles. The molecule has 1 aromatic rings. The van der Waals surface area contributed by atoms with E-state index in [4.69, 9.17) is 0 Å². The Kier molecular flexibility index (Phi) is 4.02. The summed E-state index contributed by atoms with van der Waals surface area (Å²) < 4.78 is 0. The van der Waals surface area contributed by atoms with Crippen molar-refractivity contribution in [3.63, 3.8) is 0 Å². The van der Waals surface area contributed by atoms with E-state index in [0.717, 1.165) is 57.2 Å². The van der Waals surface area contributed by atoms with Crippen LogP contribution in [0.1, 0.15) is 51.4 Å². The highest BCUT2D eigenvalue weighted by molar-refractivity contribution is 5.97. The molecule has 0 N–H and O–H groups in total. The Hall–Kier alpha value is -1.91. The molecule has 2 saturated heterocycles. The first-order valence-corrected chi connectivity index (χ1v) is 9.21. The van der Waals surface area contributed by atoms with E-state index in [1.165, 1.54) is 0 Å². The Balaban J connectivity index is 1.60. The zero-order valence-electron chi connectivity index (χ0n) is 14.1. The fourth-order valence-corrected chi connectivity index (χ4v) is 4.75. The lowest BCUT2D eigenvalue weighted by molar-refractivity contribution is -0.143. The molecule has 2 amide bonds. The van der Waals surface area contributed by atoms with E-state index in [1.54, 1.807) is 12.4 Å². The second kappa shape index (κ2) is 6.19. The minimum absolute atomic E-state index is 0.120. The molecule has 5 heteroatoms. The maximum atomic E-state index is 13.1. The molecule has 1 aliphatic carbocycles. The van der Waals surface area contributed by atoms with Crippen molar-refractivity contribution in [3.05, 3.63) is 24.5 Å². The minimum Gasteiger partial charge on any atom is -0.334 e. The van der Waals surface area contributed by atoms with E-state index >= 15 is 0 Å². The van der Waals surface area contributed by atoms with Crippen LogP contribution in [-0.2, 0) is 9.59 Å². The molecule has 2 aliphatic heterocycles. The van der Waals surface area contributed by atoms with Gasteiger partial charge < -0.3 is 9.80 Å². The fraction of sp³-hybridized carbons (Fsp3) is 0.632. The van der Waals surface area contributed by atoms with Gasteiger partial charge in [0.2, 0.25) is 11.8 Å². The van der Waals surface area contributed by atoms with E-state index in [1.807, 2.05) is 17.0 Å². The van der Waals surface area contributed by atoms with Crippen molar-refractivity contribution in [2.24, 2.45) is 5.92 Å². The van der Waals surface area contributed by atoms with Gasteiger partial charge in [0.25, 0.3) is 0 Å². The predicted molar refractivity (Wildman–Crippen MR) is 91.5 cm³/mol. The standard InChI is InChI=1S/C19H25N3O2/c23-17-12-19(14-21(17)16-8-5-10-20-13-16)9-3-4-11-22(19)18(24)15-6-1-2-7-15/h5,8,10,13,15H,1-4,6-7,9,11-12,14H2. The van der Waals surface area contributed by atoms with E-state index in [-0.39, 0.29) is 17.4 Å². The lowest BCUT2D eigenvalue weighted by Crippen LogP contribution is -2.57. The van der Waals surface area contributed by atoms with Crippen molar-refractivity contribution in [3.8, 4) is 0 Å². The first kappa shape index (κ1) is 15.6. The number of rotatable bonds is 2. The number of nitrogens with zero attached hydrogens (tertiary/aromatic N) is 3. The van der Waals surface area contributed by atoms with Gasteiger partial charge in [-0.25, -0.2) is 0 Å². The molecule has 1 unspecified atom stereocenters. The highest BCUT2D eigenvalue weighted by Gasteiger charge is 2.51. The number of anilines is 1. The number of carbonyl (C=O) groups excluding carboxylic acids is 2. The van der Waals surface area contributed by atoms with Gasteiger partial charge in [0.15, 0.2) is 0 Å². The third-order valence-electron chi connectivity index (χ3n) is 6.01. The monoisotopic (exact) mass is 327 g/mol. The number of likely N-dealkylation sites (tertiary alicyclic amines) is 1. The summed E-state index contributed by atoms with van der Waals surface area (Å²) in [5, 5.41) is 0. The SMILES string of the molecule is O=C1CC2(CCCCN2C(=O)C2CCCC2)CN1c1cccnc1. The lowest BCUT2D eigenvalue weighted by atomic mass is 9.84. The quantitative estimate of drug-likeness (QED) is 0.839. The molecule has 1 spiro atoms. The summed E-state index contributed by atoms with van der Waals surface area (Å²) in [4.78, 5) is 33.8. The van der Waals surface area contributed by atoms with Crippen LogP contribution in [-0.4, -0.2) is 40.3 Å². The Morgan fingerprint density at radius 2 is 2.04 bits per heavy atom. The molecule has 3 fully saturated rings. The van der Waals surface area contributed by atoms with Gasteiger partial charge in [-0.3, -0.25) is 14.6 Å². The van der Waals surface area contributed by atoms with Crippen molar-refractivity contribution in [2.75, 3.05) is 18.0 Å². The van der Waals surface area contributed by atoms with Gasteiger partial charge in [0, 0.05) is 25.2 Å². The van der Waals surface area contributed by atoms with Crippen LogP contribution in [0.25, 0.3) is 0 Å². The Labute approximate surface area is 143 Å². The number of hydrogen-bond acceptors (Lipinski definition) is 3. The topological polar surface area (TPSA) is 53.5 Å². The van der Waals surface area contributed by atoms with Gasteiger partial charge in [-0.1, -0.05) is 12.8 Å². The third-order valence-corrected chi connectivity index (χ3v) is 6.01. The van der Waals surface area contributed by atoms with Crippen LogP contribution in [0.3, 0.4) is 0 Å². The summed E-state index contributed by atoms with van der Waals surface area (Å²) in [5.41, 5.74) is 0.545. The zero-order valence-corrected chi connectivity index (χ0v) is 14.1. The predicted octanol–water partition coefficient (Wildman–Crippen LogP) is 2.76. The summed E-state index contributed by atoms with van der Waals surface area (Å²) in [7, 11) is 0. The highest BCUT2D eigenvalue weighted by Crippen LogP contribution is 2.41. The molecule has 1 aromatic heterocycles. The Morgan fingerprint density at radius 3 is 2.79 bits per heavy atom. The Morgan fingerprint density at radius 1 is 1.21 bits per heavy atom. The van der Waals surface area contributed by atoms with Crippen molar-refractivity contribution in [2.45, 2.75) is 56.9 Å². The summed E-state index contributed by atoms with van der Waals surface area (Å²) in [6, 6.07) is 3.78. The molecule has 3 aliphatic rings. The van der Waals surface area contributed by atoms with Crippen LogP contribution >= 0.6 is 0 Å². The normalized spacial score (nSPS) is 28.1. The van der Waals surface area contributed by atoms with Gasteiger partial charge in [0.1, 0.15) is 0 Å². The van der Waals surface area contributed by atoms with Crippen LogP contribution in [0.2, 0.25) is 0 Å². The number of piperidine rings is 1. The first-order valence-electron chi connectivity index (χ1n) is 9.21. The minimum atomic E-state index is -0.301. The van der Waals surface area contributed by atoms with Crippen molar-refractivity contribution in [1.82, 2.24) is 9.88 Å². The van der Waals surface area contributed by atoms with Crippen LogP contribution < -0.4 is 4.90 Å². The number of hydrogen-bond donors (Lipinski definition) is 0. The Bertz CT molecular complexity index is 627. The molecule has 0 aromatic carbocycles. The second-order valence-electron chi connectivity index (χ2n) is 7.52. The van der Waals surface area contributed by atoms with E-state index < -0.39 is 0 Å². The molecule has 4 rings (SSSR count). The molecule has 0 radical (unpaired) electrons. The smallest absolute Gasteiger partial charge is 0.229 e. The van der Waals surface area contributed by atoms with Crippen molar-refractivity contribution < 1.29 is 9.59 Å². The van der Waals surface area contributed by atoms with Crippen LogP contribution in [0, 0.1) is 5.92 Å². The van der Waals surface area contributed by atoms with Gasteiger partial charge in [-0.15, -0.1) is 0 Å². The number of carbonyl (C=O) groups is 2. The van der Waals surface area contributed by atoms with Gasteiger partial charge >= 0.3 is 0 Å².